The zero-order valence-electron chi connectivity index (χ0n) is 21.3. The third-order valence-corrected chi connectivity index (χ3v) is 7.48. The summed E-state index contributed by atoms with van der Waals surface area (Å²) in [7, 11) is 1.99. The van der Waals surface area contributed by atoms with E-state index >= 15 is 0 Å². The van der Waals surface area contributed by atoms with Crippen molar-refractivity contribution in [3.8, 4) is 11.5 Å². The minimum Gasteiger partial charge on any atom is -0.481 e. The number of carboxylic acids is 1. The van der Waals surface area contributed by atoms with Crippen molar-refractivity contribution < 1.29 is 24.2 Å². The Kier molecular flexibility index (Phi) is 8.53. The lowest BCUT2D eigenvalue weighted by Gasteiger charge is -2.29. The maximum atomic E-state index is 13.3. The smallest absolute Gasteiger partial charge is 0.308 e. The van der Waals surface area contributed by atoms with Gasteiger partial charge < -0.3 is 29.8 Å². The highest BCUT2D eigenvalue weighted by atomic mass is 16.7. The molecule has 3 N–H and O–H groups in total. The van der Waals surface area contributed by atoms with Crippen molar-refractivity contribution in [2.45, 2.75) is 44.6 Å². The monoisotopic (exact) mass is 498 g/mol. The van der Waals surface area contributed by atoms with Gasteiger partial charge in [-0.3, -0.25) is 14.5 Å². The molecule has 0 unspecified atom stereocenters. The highest BCUT2D eigenvalue weighted by molar-refractivity contribution is 5.79. The van der Waals surface area contributed by atoms with Gasteiger partial charge in [-0.15, -0.1) is 0 Å². The zero-order valence-corrected chi connectivity index (χ0v) is 21.3. The fraction of sp³-hybridized carbons (Fsp3) is 0.556. The Balaban J connectivity index is 1.60. The number of unbranched alkanes of at least 4 members (excludes halogenated alkanes) is 1. The molecule has 0 radical (unpaired) electrons. The number of ether oxygens (including phenoxy) is 2. The minimum absolute atomic E-state index is 0.00763. The number of hydrogen-bond donors (Lipinski definition) is 2. The molecule has 1 fully saturated rings. The molecule has 4 rings (SSSR count). The predicted molar refractivity (Wildman–Crippen MR) is 136 cm³/mol. The summed E-state index contributed by atoms with van der Waals surface area (Å²) in [5.74, 6) is -0.425. The van der Waals surface area contributed by atoms with Gasteiger partial charge in [-0.25, -0.2) is 0 Å². The summed E-state index contributed by atoms with van der Waals surface area (Å²) in [6, 6.07) is 9.44. The molecule has 36 heavy (non-hydrogen) atoms. The standard InChI is InChI=1S/C27H38N4O5/c1-3-4-13-30(14-11-28)25(32)17-31-16-21(19-7-10-23-24(15-19)36-18-35-23)26(27(33)34)22(31)9-8-20-6-5-12-29(20)2/h5-7,10,12,15,21-22,26H,3-4,8-9,11,13-14,16-18,28H2,1-2H3,(H,33,34)/t21-,22+,26-/m1/s1. The van der Waals surface area contributed by atoms with E-state index in [0.29, 0.717) is 44.1 Å². The average molecular weight is 499 g/mol. The van der Waals surface area contributed by atoms with Crippen LogP contribution in [0.3, 0.4) is 0 Å². The van der Waals surface area contributed by atoms with Crippen molar-refractivity contribution in [2.75, 3.05) is 39.5 Å². The minimum atomic E-state index is -0.839. The maximum Gasteiger partial charge on any atom is 0.308 e. The van der Waals surface area contributed by atoms with E-state index in [4.69, 9.17) is 15.2 Å². The van der Waals surface area contributed by atoms with E-state index in [0.717, 1.165) is 30.5 Å². The third-order valence-electron chi connectivity index (χ3n) is 7.48. The number of likely N-dealkylation sites (tertiary alicyclic amines) is 1. The first-order valence-corrected chi connectivity index (χ1v) is 12.9. The Morgan fingerprint density at radius 2 is 2.00 bits per heavy atom. The summed E-state index contributed by atoms with van der Waals surface area (Å²) >= 11 is 0. The van der Waals surface area contributed by atoms with Crippen molar-refractivity contribution in [1.82, 2.24) is 14.4 Å². The quantitative estimate of drug-likeness (QED) is 0.462. The lowest BCUT2D eigenvalue weighted by molar-refractivity contribution is -0.143. The summed E-state index contributed by atoms with van der Waals surface area (Å²) in [6.07, 6.45) is 5.28. The molecule has 1 aromatic heterocycles. The summed E-state index contributed by atoms with van der Waals surface area (Å²) in [4.78, 5) is 29.9. The van der Waals surface area contributed by atoms with Crippen molar-refractivity contribution in [3.05, 3.63) is 47.8 Å². The van der Waals surface area contributed by atoms with E-state index in [1.54, 1.807) is 0 Å². The first-order valence-electron chi connectivity index (χ1n) is 12.9. The number of aryl methyl sites for hydroxylation is 2. The van der Waals surface area contributed by atoms with Crippen molar-refractivity contribution >= 4 is 11.9 Å². The van der Waals surface area contributed by atoms with E-state index in [1.807, 2.05) is 42.4 Å². The molecule has 2 aliphatic heterocycles. The molecular formula is C27H38N4O5. The highest BCUT2D eigenvalue weighted by Crippen LogP contribution is 2.43. The van der Waals surface area contributed by atoms with Crippen LogP contribution in [0.25, 0.3) is 0 Å². The summed E-state index contributed by atoms with van der Waals surface area (Å²) in [6.45, 7) is 4.52. The molecule has 2 aliphatic rings. The van der Waals surface area contributed by atoms with Crippen LogP contribution in [0.1, 0.15) is 43.4 Å². The Bertz CT molecular complexity index is 1050. The van der Waals surface area contributed by atoms with Crippen LogP contribution in [0, 0.1) is 5.92 Å². The number of amides is 1. The molecular weight excluding hydrogens is 460 g/mol. The molecule has 1 saturated heterocycles. The van der Waals surface area contributed by atoms with Crippen molar-refractivity contribution in [1.29, 1.82) is 0 Å². The topological polar surface area (TPSA) is 110 Å². The Hall–Kier alpha value is -3.04. The van der Waals surface area contributed by atoms with Gasteiger partial charge in [0.1, 0.15) is 0 Å². The van der Waals surface area contributed by atoms with Crippen LogP contribution in [0.4, 0.5) is 0 Å². The lowest BCUT2D eigenvalue weighted by atomic mass is 9.83. The molecule has 2 aromatic rings. The molecule has 9 heteroatoms. The Morgan fingerprint density at radius 3 is 2.69 bits per heavy atom. The number of carboxylic acid groups (broad SMARTS) is 1. The van der Waals surface area contributed by atoms with Gasteiger partial charge in [0.05, 0.1) is 12.5 Å². The number of aliphatic carboxylic acids is 1. The Morgan fingerprint density at radius 1 is 1.19 bits per heavy atom. The molecule has 3 atom stereocenters. The number of hydrogen-bond acceptors (Lipinski definition) is 6. The second-order valence-corrected chi connectivity index (χ2v) is 9.75. The second-order valence-electron chi connectivity index (χ2n) is 9.75. The zero-order chi connectivity index (χ0) is 25.7. The van der Waals surface area contributed by atoms with Gasteiger partial charge in [-0.2, -0.15) is 0 Å². The van der Waals surface area contributed by atoms with Gasteiger partial charge in [0.15, 0.2) is 11.5 Å². The van der Waals surface area contributed by atoms with Crippen LogP contribution in [0.5, 0.6) is 11.5 Å². The molecule has 0 saturated carbocycles. The molecule has 1 aromatic carbocycles. The van der Waals surface area contributed by atoms with E-state index in [2.05, 4.69) is 22.5 Å². The predicted octanol–water partition coefficient (Wildman–Crippen LogP) is 2.44. The van der Waals surface area contributed by atoms with E-state index in [9.17, 15) is 14.7 Å². The number of fused-ring (bicyclic) bond motifs is 1. The number of benzene rings is 1. The molecule has 9 nitrogen and oxygen atoms in total. The van der Waals surface area contributed by atoms with Crippen LogP contribution in [-0.4, -0.2) is 76.9 Å². The fourth-order valence-electron chi connectivity index (χ4n) is 5.53. The second kappa shape index (κ2) is 11.8. The first-order chi connectivity index (χ1) is 17.4. The van der Waals surface area contributed by atoms with Gasteiger partial charge in [0, 0.05) is 57.1 Å². The molecule has 0 aliphatic carbocycles. The molecule has 1 amide bonds. The number of nitrogens with two attached hydrogens (primary N) is 1. The normalized spacial score (nSPS) is 21.1. The lowest BCUT2D eigenvalue weighted by Crippen LogP contribution is -2.45. The summed E-state index contributed by atoms with van der Waals surface area (Å²) in [5, 5.41) is 10.4. The van der Waals surface area contributed by atoms with E-state index in [1.165, 1.54) is 0 Å². The highest BCUT2D eigenvalue weighted by Gasteiger charge is 2.47. The summed E-state index contributed by atoms with van der Waals surface area (Å²) in [5.41, 5.74) is 7.83. The Labute approximate surface area is 212 Å². The number of nitrogens with zero attached hydrogens (tertiary/aromatic N) is 3. The molecule has 0 bridgehead atoms. The van der Waals surface area contributed by atoms with Crippen LogP contribution in [0.15, 0.2) is 36.5 Å². The van der Waals surface area contributed by atoms with Crippen LogP contribution >= 0.6 is 0 Å². The van der Waals surface area contributed by atoms with Gasteiger partial charge in [-0.1, -0.05) is 19.4 Å². The SMILES string of the molecule is CCCCN(CCN)C(=O)CN1C[C@H](c2ccc3c(c2)OCO3)[C@@H](C(=O)O)[C@@H]1CCc1cccn1C. The van der Waals surface area contributed by atoms with E-state index < -0.39 is 11.9 Å². The third kappa shape index (κ3) is 5.68. The van der Waals surface area contributed by atoms with Gasteiger partial charge >= 0.3 is 5.97 Å². The van der Waals surface area contributed by atoms with E-state index in [-0.39, 0.29) is 31.2 Å². The number of carbonyl (C=O) groups is 2. The van der Waals surface area contributed by atoms with Crippen LogP contribution in [-0.2, 0) is 23.1 Å². The molecule has 0 spiro atoms. The molecule has 196 valence electrons. The average Bonchev–Trinajstić information content (AvgIpc) is 3.58. The molecule has 3 heterocycles. The van der Waals surface area contributed by atoms with Crippen molar-refractivity contribution in [3.63, 3.8) is 0 Å². The number of carbonyl (C=O) groups excluding carboxylic acids is 1. The fourth-order valence-corrected chi connectivity index (χ4v) is 5.53. The van der Waals surface area contributed by atoms with Gasteiger partial charge in [-0.05, 0) is 49.1 Å². The summed E-state index contributed by atoms with van der Waals surface area (Å²) < 4.78 is 13.1. The number of aromatic nitrogens is 1. The maximum absolute atomic E-state index is 13.3. The van der Waals surface area contributed by atoms with Crippen molar-refractivity contribution in [2.24, 2.45) is 18.7 Å². The van der Waals surface area contributed by atoms with Gasteiger partial charge in [0.25, 0.3) is 0 Å². The largest absolute Gasteiger partial charge is 0.481 e. The first kappa shape index (κ1) is 26.0. The van der Waals surface area contributed by atoms with Gasteiger partial charge in [0.2, 0.25) is 12.7 Å². The van der Waals surface area contributed by atoms with Crippen LogP contribution in [0.2, 0.25) is 0 Å². The number of rotatable bonds is 12. The van der Waals surface area contributed by atoms with Crippen LogP contribution < -0.4 is 15.2 Å².